The van der Waals surface area contributed by atoms with Crippen molar-refractivity contribution in [2.75, 3.05) is 0 Å². The maximum Gasteiger partial charge on any atom is 0.416 e. The molecule has 0 atom stereocenters. The summed E-state index contributed by atoms with van der Waals surface area (Å²) in [5.74, 6) is 0. The maximum absolute atomic E-state index is 12.1. The Bertz CT molecular complexity index is 438. The third-order valence-corrected chi connectivity index (χ3v) is 2.79. The molecule has 0 radical (unpaired) electrons. The Morgan fingerprint density at radius 2 is 1.79 bits per heavy atom. The fourth-order valence-corrected chi connectivity index (χ4v) is 1.62. The van der Waals surface area contributed by atoms with E-state index in [2.05, 4.69) is 0 Å². The highest BCUT2D eigenvalue weighted by molar-refractivity contribution is 8.13. The largest absolute Gasteiger partial charge is 0.416 e. The lowest BCUT2D eigenvalue weighted by Gasteiger charge is -2.06. The first kappa shape index (κ1) is 11.3. The minimum atomic E-state index is -4.57. The Hall–Kier alpha value is -0.750. The van der Waals surface area contributed by atoms with E-state index in [-0.39, 0.29) is 0 Å². The van der Waals surface area contributed by atoms with Crippen LogP contribution in [0.4, 0.5) is 13.2 Å². The molecule has 0 saturated carbocycles. The second-order valence-electron chi connectivity index (χ2n) is 2.46. The maximum atomic E-state index is 12.1. The summed E-state index contributed by atoms with van der Waals surface area (Å²) >= 11 is 0. The Morgan fingerprint density at radius 3 is 2.21 bits per heavy atom. The van der Waals surface area contributed by atoms with Gasteiger partial charge in [0.05, 0.1) is 10.5 Å². The molecule has 0 saturated heterocycles. The zero-order chi connectivity index (χ0) is 11.0. The number of benzene rings is 1. The SMILES string of the molecule is O=[35S](=O)(Cl)c1cccc(C(F)(F)F)c1. The van der Waals surface area contributed by atoms with Gasteiger partial charge in [-0.3, -0.25) is 0 Å². The van der Waals surface area contributed by atoms with Crippen LogP contribution in [0, 0.1) is 0 Å². The molecule has 1 aromatic carbocycles. The molecular formula is C7H4ClF3O2S. The molecule has 78 valence electrons. The number of hydrogen-bond acceptors (Lipinski definition) is 2. The molecule has 0 aliphatic carbocycles. The summed E-state index contributed by atoms with van der Waals surface area (Å²) in [7, 11) is 0.772. The van der Waals surface area contributed by atoms with E-state index >= 15 is 0 Å². The van der Waals surface area contributed by atoms with Crippen LogP contribution in [-0.4, -0.2) is 8.42 Å². The monoisotopic (exact) mass is 247 g/mol. The van der Waals surface area contributed by atoms with Crippen molar-refractivity contribution in [3.8, 4) is 0 Å². The minimum Gasteiger partial charge on any atom is -0.207 e. The average Bonchev–Trinajstić information content (AvgIpc) is 2.01. The summed E-state index contributed by atoms with van der Waals surface area (Å²) in [6, 6.07) is 3.24. The van der Waals surface area contributed by atoms with E-state index in [0.717, 1.165) is 18.2 Å². The standard InChI is InChI=1S/C7H4ClF3O2S/c8-14(12,13)6-3-1-2-5(4-6)7(9,10)11/h1-4H/i14+3. The Labute approximate surface area is 82.7 Å². The third kappa shape index (κ3) is 2.62. The second-order valence-corrected chi connectivity index (χ2v) is 5.03. The van der Waals surface area contributed by atoms with Crippen molar-refractivity contribution < 1.29 is 21.6 Å². The first-order valence-electron chi connectivity index (χ1n) is 3.33. The van der Waals surface area contributed by atoms with Gasteiger partial charge in [0.25, 0.3) is 9.05 Å². The van der Waals surface area contributed by atoms with Gasteiger partial charge in [-0.2, -0.15) is 13.2 Å². The predicted molar refractivity (Wildman–Crippen MR) is 44.5 cm³/mol. The normalized spacial score (nSPS) is 12.9. The molecule has 0 aromatic heterocycles. The number of alkyl halides is 3. The lowest BCUT2D eigenvalue weighted by molar-refractivity contribution is -0.137. The highest BCUT2D eigenvalue weighted by Crippen LogP contribution is 2.30. The molecule has 1 aromatic rings. The summed E-state index contributed by atoms with van der Waals surface area (Å²) in [6.07, 6.45) is -4.57. The van der Waals surface area contributed by atoms with E-state index < -0.39 is 25.7 Å². The second kappa shape index (κ2) is 3.43. The van der Waals surface area contributed by atoms with E-state index in [1.807, 2.05) is 0 Å². The molecule has 0 amide bonds. The zero-order valence-electron chi connectivity index (χ0n) is 6.55. The van der Waals surface area contributed by atoms with Gasteiger partial charge in [-0.25, -0.2) is 8.42 Å². The fourth-order valence-electron chi connectivity index (χ4n) is 0.824. The lowest BCUT2D eigenvalue weighted by Crippen LogP contribution is -2.05. The van der Waals surface area contributed by atoms with Crippen LogP contribution in [0.15, 0.2) is 29.2 Å². The van der Waals surface area contributed by atoms with Crippen LogP contribution in [0.5, 0.6) is 0 Å². The van der Waals surface area contributed by atoms with Crippen LogP contribution in [0.25, 0.3) is 0 Å². The predicted octanol–water partition coefficient (Wildman–Crippen LogP) is 2.63. The van der Waals surface area contributed by atoms with Gasteiger partial charge in [0, 0.05) is 10.7 Å². The summed E-state index contributed by atoms with van der Waals surface area (Å²) in [6.45, 7) is 0. The van der Waals surface area contributed by atoms with Gasteiger partial charge in [0.15, 0.2) is 0 Å². The summed E-state index contributed by atoms with van der Waals surface area (Å²) in [4.78, 5) is -0.561. The first-order chi connectivity index (χ1) is 6.21. The molecule has 0 spiro atoms. The Balaban J connectivity index is 3.29. The van der Waals surface area contributed by atoms with Crippen LogP contribution in [-0.2, 0) is 15.2 Å². The summed E-state index contributed by atoms with van der Waals surface area (Å²) in [5.41, 5.74) is -1.04. The van der Waals surface area contributed by atoms with Gasteiger partial charge in [-0.05, 0) is 18.2 Å². The minimum absolute atomic E-state index is 0.488. The lowest BCUT2D eigenvalue weighted by atomic mass is 10.2. The van der Waals surface area contributed by atoms with Gasteiger partial charge >= 0.3 is 6.18 Å². The van der Waals surface area contributed by atoms with Crippen molar-refractivity contribution in [1.82, 2.24) is 0 Å². The van der Waals surface area contributed by atoms with E-state index in [9.17, 15) is 21.6 Å². The number of halogens is 4. The Kier molecular flexibility index (Phi) is 2.78. The molecule has 0 aliphatic rings. The molecule has 1 rings (SSSR count). The Morgan fingerprint density at radius 1 is 1.21 bits per heavy atom. The van der Waals surface area contributed by atoms with Gasteiger partial charge in [-0.15, -0.1) is 0 Å². The molecule has 0 heterocycles. The van der Waals surface area contributed by atoms with Crippen LogP contribution in [0.1, 0.15) is 5.56 Å². The average molecular weight is 248 g/mol. The topological polar surface area (TPSA) is 34.1 Å². The van der Waals surface area contributed by atoms with Crippen LogP contribution >= 0.6 is 10.7 Å². The molecule has 0 aliphatic heterocycles. The van der Waals surface area contributed by atoms with Crippen molar-refractivity contribution in [3.05, 3.63) is 29.8 Å². The molecular weight excluding hydrogens is 243 g/mol. The fraction of sp³-hybridized carbons (Fsp3) is 0.143. The molecule has 0 fully saturated rings. The molecule has 14 heavy (non-hydrogen) atoms. The third-order valence-electron chi connectivity index (χ3n) is 1.44. The zero-order valence-corrected chi connectivity index (χ0v) is 8.12. The van der Waals surface area contributed by atoms with Crippen molar-refractivity contribution in [3.63, 3.8) is 0 Å². The van der Waals surface area contributed by atoms with Gasteiger partial charge in [0.2, 0.25) is 0 Å². The summed E-state index contributed by atoms with van der Waals surface area (Å²) < 4.78 is 57.8. The van der Waals surface area contributed by atoms with E-state index in [1.165, 1.54) is 0 Å². The summed E-state index contributed by atoms with van der Waals surface area (Å²) in [5, 5.41) is 0. The van der Waals surface area contributed by atoms with E-state index in [0.29, 0.717) is 6.07 Å². The molecule has 2 nitrogen and oxygen atoms in total. The molecule has 0 N–H and O–H groups in total. The van der Waals surface area contributed by atoms with Crippen molar-refractivity contribution >= 4 is 19.7 Å². The molecule has 0 unspecified atom stereocenters. The highest BCUT2D eigenvalue weighted by Gasteiger charge is 2.31. The molecule has 7 heteroatoms. The van der Waals surface area contributed by atoms with E-state index in [4.69, 9.17) is 10.7 Å². The van der Waals surface area contributed by atoms with Crippen LogP contribution < -0.4 is 0 Å². The number of hydrogen-bond donors (Lipinski definition) is 0. The first-order valence-corrected chi connectivity index (χ1v) is 5.64. The smallest absolute Gasteiger partial charge is 0.207 e. The van der Waals surface area contributed by atoms with Gasteiger partial charge < -0.3 is 0 Å². The van der Waals surface area contributed by atoms with Gasteiger partial charge in [0.1, 0.15) is 0 Å². The van der Waals surface area contributed by atoms with Crippen molar-refractivity contribution in [2.45, 2.75) is 11.1 Å². The van der Waals surface area contributed by atoms with Crippen molar-refractivity contribution in [2.24, 2.45) is 0 Å². The highest BCUT2D eigenvalue weighted by atomic mass is 36.3. The molecule has 0 bridgehead atoms. The van der Waals surface area contributed by atoms with Gasteiger partial charge in [-0.1, -0.05) is 6.07 Å². The number of rotatable bonds is 1. The van der Waals surface area contributed by atoms with Crippen molar-refractivity contribution in [1.29, 1.82) is 0 Å². The van der Waals surface area contributed by atoms with Crippen LogP contribution in [0.2, 0.25) is 0 Å². The van der Waals surface area contributed by atoms with Crippen LogP contribution in [0.3, 0.4) is 0 Å². The quantitative estimate of drug-likeness (QED) is 0.715. The van der Waals surface area contributed by atoms with E-state index in [1.54, 1.807) is 0 Å².